The van der Waals surface area contributed by atoms with Crippen LogP contribution in [-0.4, -0.2) is 18.5 Å². The summed E-state index contributed by atoms with van der Waals surface area (Å²) in [5.74, 6) is -0.976. The quantitative estimate of drug-likeness (QED) is 0.369. The van der Waals surface area contributed by atoms with Crippen molar-refractivity contribution >= 4 is 17.6 Å². The second-order valence-corrected chi connectivity index (χ2v) is 5.83. The first kappa shape index (κ1) is 20.7. The monoisotopic (exact) mass is 378 g/mol. The van der Waals surface area contributed by atoms with Gasteiger partial charge in [-0.15, -0.1) is 0 Å². The van der Waals surface area contributed by atoms with Crippen molar-refractivity contribution in [2.75, 3.05) is 11.9 Å². The van der Waals surface area contributed by atoms with Gasteiger partial charge >= 0.3 is 5.97 Å². The maximum Gasteiger partial charge on any atom is 0.338 e. The van der Waals surface area contributed by atoms with E-state index in [1.807, 2.05) is 30.3 Å². The summed E-state index contributed by atoms with van der Waals surface area (Å²) in [6.07, 6.45) is 1.37. The number of benzene rings is 2. The summed E-state index contributed by atoms with van der Waals surface area (Å²) >= 11 is 0. The number of hydrogen-bond donors (Lipinski definition) is 3. The SMILES string of the molecule is CCOC(=O)c1ccc(NC(=O)/C(C#N)=C\NCc2cccc(CN)c2)cc1. The second-order valence-electron chi connectivity index (χ2n) is 5.83. The van der Waals surface area contributed by atoms with Crippen molar-refractivity contribution in [3.63, 3.8) is 0 Å². The Morgan fingerprint density at radius 3 is 2.54 bits per heavy atom. The predicted octanol–water partition coefficient (Wildman–Crippen LogP) is 2.46. The fourth-order valence-electron chi connectivity index (χ4n) is 2.39. The first-order chi connectivity index (χ1) is 13.6. The molecule has 2 rings (SSSR count). The van der Waals surface area contributed by atoms with Gasteiger partial charge in [-0.3, -0.25) is 4.79 Å². The predicted molar refractivity (Wildman–Crippen MR) is 106 cm³/mol. The number of rotatable bonds is 8. The van der Waals surface area contributed by atoms with Crippen LogP contribution in [0.5, 0.6) is 0 Å². The molecule has 0 saturated carbocycles. The van der Waals surface area contributed by atoms with E-state index in [4.69, 9.17) is 10.5 Å². The molecule has 0 aliphatic rings. The van der Waals surface area contributed by atoms with Crippen molar-refractivity contribution in [2.24, 2.45) is 5.73 Å². The Balaban J connectivity index is 1.96. The van der Waals surface area contributed by atoms with Crippen LogP contribution in [0.25, 0.3) is 0 Å². The molecule has 0 heterocycles. The summed E-state index contributed by atoms with van der Waals surface area (Å²) in [6.45, 7) is 2.92. The molecular weight excluding hydrogens is 356 g/mol. The summed E-state index contributed by atoms with van der Waals surface area (Å²) in [5, 5.41) is 14.8. The number of ether oxygens (including phenoxy) is 1. The van der Waals surface area contributed by atoms with Gasteiger partial charge in [0.15, 0.2) is 0 Å². The molecule has 7 nitrogen and oxygen atoms in total. The van der Waals surface area contributed by atoms with E-state index < -0.39 is 11.9 Å². The zero-order valence-electron chi connectivity index (χ0n) is 15.6. The van der Waals surface area contributed by atoms with Gasteiger partial charge in [0, 0.05) is 25.0 Å². The van der Waals surface area contributed by atoms with Crippen LogP contribution in [0, 0.1) is 11.3 Å². The first-order valence-electron chi connectivity index (χ1n) is 8.77. The van der Waals surface area contributed by atoms with E-state index >= 15 is 0 Å². The number of amides is 1. The maximum absolute atomic E-state index is 12.3. The number of hydrogen-bond acceptors (Lipinski definition) is 6. The maximum atomic E-state index is 12.3. The second kappa shape index (κ2) is 10.5. The average Bonchev–Trinajstić information content (AvgIpc) is 2.72. The van der Waals surface area contributed by atoms with Gasteiger partial charge in [-0.05, 0) is 42.3 Å². The lowest BCUT2D eigenvalue weighted by atomic mass is 10.1. The van der Waals surface area contributed by atoms with Crippen molar-refractivity contribution in [3.8, 4) is 6.07 Å². The molecule has 2 aromatic carbocycles. The molecule has 1 amide bonds. The van der Waals surface area contributed by atoms with Crippen molar-refractivity contribution in [1.82, 2.24) is 5.32 Å². The van der Waals surface area contributed by atoms with Crippen LogP contribution in [-0.2, 0) is 22.6 Å². The molecule has 0 saturated heterocycles. The molecular formula is C21H22N4O3. The minimum Gasteiger partial charge on any atom is -0.462 e. The van der Waals surface area contributed by atoms with E-state index in [2.05, 4.69) is 10.6 Å². The first-order valence-corrected chi connectivity index (χ1v) is 8.77. The Morgan fingerprint density at radius 1 is 1.18 bits per heavy atom. The van der Waals surface area contributed by atoms with Crippen LogP contribution in [0.1, 0.15) is 28.4 Å². The number of nitriles is 1. The summed E-state index contributed by atoms with van der Waals surface area (Å²) < 4.78 is 4.91. The lowest BCUT2D eigenvalue weighted by Gasteiger charge is -2.07. The van der Waals surface area contributed by atoms with Gasteiger partial charge in [0.1, 0.15) is 11.6 Å². The van der Waals surface area contributed by atoms with E-state index in [9.17, 15) is 14.9 Å². The van der Waals surface area contributed by atoms with Crippen LogP contribution in [0.2, 0.25) is 0 Å². The summed E-state index contributed by atoms with van der Waals surface area (Å²) in [7, 11) is 0. The molecule has 0 fully saturated rings. The van der Waals surface area contributed by atoms with E-state index in [0.717, 1.165) is 11.1 Å². The summed E-state index contributed by atoms with van der Waals surface area (Å²) in [4.78, 5) is 23.9. The van der Waals surface area contributed by atoms with Crippen LogP contribution >= 0.6 is 0 Å². The number of carbonyl (C=O) groups excluding carboxylic acids is 2. The molecule has 0 unspecified atom stereocenters. The highest BCUT2D eigenvalue weighted by atomic mass is 16.5. The number of nitrogens with two attached hydrogens (primary N) is 1. The number of nitrogens with one attached hydrogen (secondary N) is 2. The normalized spacial score (nSPS) is 10.7. The Hall–Kier alpha value is -3.63. The molecule has 7 heteroatoms. The molecule has 2 aromatic rings. The van der Waals surface area contributed by atoms with Crippen molar-refractivity contribution in [2.45, 2.75) is 20.0 Å². The molecule has 4 N–H and O–H groups in total. The van der Waals surface area contributed by atoms with E-state index in [1.165, 1.54) is 6.20 Å². The van der Waals surface area contributed by atoms with Crippen LogP contribution in [0.4, 0.5) is 5.69 Å². The molecule has 0 bridgehead atoms. The minimum atomic E-state index is -0.547. The molecule has 0 atom stereocenters. The number of carbonyl (C=O) groups is 2. The standard InChI is InChI=1S/C21H22N4O3/c1-2-28-21(27)17-6-8-19(9-7-17)25-20(26)18(12-23)14-24-13-16-5-3-4-15(10-16)11-22/h3-10,14,24H,2,11,13,22H2,1H3,(H,25,26)/b18-14-. The van der Waals surface area contributed by atoms with Crippen molar-refractivity contribution < 1.29 is 14.3 Å². The topological polar surface area (TPSA) is 117 Å². The van der Waals surface area contributed by atoms with Crippen LogP contribution in [0.3, 0.4) is 0 Å². The Morgan fingerprint density at radius 2 is 1.89 bits per heavy atom. The average molecular weight is 378 g/mol. The molecule has 28 heavy (non-hydrogen) atoms. The van der Waals surface area contributed by atoms with E-state index in [1.54, 1.807) is 31.2 Å². The molecule has 0 aromatic heterocycles. The largest absolute Gasteiger partial charge is 0.462 e. The molecule has 0 spiro atoms. The Labute approximate surface area is 163 Å². The van der Waals surface area contributed by atoms with Gasteiger partial charge in [0.05, 0.1) is 12.2 Å². The van der Waals surface area contributed by atoms with Gasteiger partial charge in [0.2, 0.25) is 0 Å². The number of nitrogens with zero attached hydrogens (tertiary/aromatic N) is 1. The van der Waals surface area contributed by atoms with Crippen molar-refractivity contribution in [1.29, 1.82) is 5.26 Å². The smallest absolute Gasteiger partial charge is 0.338 e. The van der Waals surface area contributed by atoms with Gasteiger partial charge in [-0.25, -0.2) is 4.79 Å². The highest BCUT2D eigenvalue weighted by molar-refractivity contribution is 6.06. The highest BCUT2D eigenvalue weighted by Crippen LogP contribution is 2.12. The highest BCUT2D eigenvalue weighted by Gasteiger charge is 2.10. The van der Waals surface area contributed by atoms with E-state index in [0.29, 0.717) is 24.3 Å². The molecule has 0 aliphatic heterocycles. The van der Waals surface area contributed by atoms with Gasteiger partial charge in [0.25, 0.3) is 5.91 Å². The lowest BCUT2D eigenvalue weighted by Crippen LogP contribution is -2.17. The van der Waals surface area contributed by atoms with Crippen LogP contribution < -0.4 is 16.4 Å². The zero-order valence-corrected chi connectivity index (χ0v) is 15.6. The zero-order chi connectivity index (χ0) is 20.4. The fraction of sp³-hybridized carbons (Fsp3) is 0.190. The molecule has 0 radical (unpaired) electrons. The van der Waals surface area contributed by atoms with Gasteiger partial charge < -0.3 is 21.1 Å². The minimum absolute atomic E-state index is 0.0653. The van der Waals surface area contributed by atoms with Crippen molar-refractivity contribution in [3.05, 3.63) is 77.0 Å². The van der Waals surface area contributed by atoms with Gasteiger partial charge in [-0.2, -0.15) is 5.26 Å². The number of esters is 1. The molecule has 144 valence electrons. The van der Waals surface area contributed by atoms with Gasteiger partial charge in [-0.1, -0.05) is 24.3 Å². The Bertz CT molecular complexity index is 899. The lowest BCUT2D eigenvalue weighted by molar-refractivity contribution is -0.112. The fourth-order valence-corrected chi connectivity index (χ4v) is 2.39. The molecule has 0 aliphatic carbocycles. The van der Waals surface area contributed by atoms with E-state index in [-0.39, 0.29) is 12.2 Å². The summed E-state index contributed by atoms with van der Waals surface area (Å²) in [5.41, 5.74) is 8.40. The third kappa shape index (κ3) is 5.97. The third-order valence-electron chi connectivity index (χ3n) is 3.80. The third-order valence-corrected chi connectivity index (χ3v) is 3.80. The summed E-state index contributed by atoms with van der Waals surface area (Å²) in [6, 6.07) is 15.8. The van der Waals surface area contributed by atoms with Crippen LogP contribution in [0.15, 0.2) is 60.3 Å². The number of anilines is 1. The Kier molecular flexibility index (Phi) is 7.76.